The third-order valence-electron chi connectivity index (χ3n) is 5.95. The normalized spacial score (nSPS) is 18.2. The summed E-state index contributed by atoms with van der Waals surface area (Å²) in [6.07, 6.45) is 4.16. The second-order valence-corrected chi connectivity index (χ2v) is 9.54. The van der Waals surface area contributed by atoms with Gasteiger partial charge >= 0.3 is 0 Å². The van der Waals surface area contributed by atoms with Crippen LogP contribution in [0.4, 0.5) is 5.69 Å². The molecule has 2 aliphatic rings. The van der Waals surface area contributed by atoms with Crippen molar-refractivity contribution in [1.82, 2.24) is 4.90 Å². The maximum atomic E-state index is 13.0. The van der Waals surface area contributed by atoms with E-state index < -0.39 is 10.0 Å². The van der Waals surface area contributed by atoms with Crippen LogP contribution >= 0.6 is 0 Å². The lowest BCUT2D eigenvalue weighted by Gasteiger charge is -2.27. The van der Waals surface area contributed by atoms with Crippen LogP contribution in [0, 0.1) is 0 Å². The van der Waals surface area contributed by atoms with Gasteiger partial charge in [0.1, 0.15) is 0 Å². The van der Waals surface area contributed by atoms with Gasteiger partial charge in [-0.25, -0.2) is 8.42 Å². The van der Waals surface area contributed by atoms with E-state index in [2.05, 4.69) is 35.2 Å². The Morgan fingerprint density at radius 1 is 0.862 bits per heavy atom. The molecule has 3 aromatic carbocycles. The van der Waals surface area contributed by atoms with E-state index in [1.54, 1.807) is 10.4 Å². The number of rotatable bonds is 5. The first-order chi connectivity index (χ1) is 14.1. The molecule has 148 valence electrons. The van der Waals surface area contributed by atoms with Crippen molar-refractivity contribution in [1.29, 1.82) is 0 Å². The number of nitrogens with zero attached hydrogens (tertiary/aromatic N) is 2. The van der Waals surface area contributed by atoms with Crippen molar-refractivity contribution in [3.8, 4) is 0 Å². The molecule has 0 spiro atoms. The molecule has 0 aliphatic carbocycles. The molecule has 0 saturated carbocycles. The molecule has 5 rings (SSSR count). The molecule has 2 heterocycles. The van der Waals surface area contributed by atoms with E-state index in [9.17, 15) is 8.42 Å². The van der Waals surface area contributed by atoms with Gasteiger partial charge in [-0.1, -0.05) is 60.7 Å². The fourth-order valence-electron chi connectivity index (χ4n) is 4.47. The molecule has 0 aromatic heterocycles. The largest absolute Gasteiger partial charge is 0.299 e. The van der Waals surface area contributed by atoms with Gasteiger partial charge in [-0.2, -0.15) is 0 Å². The molecular formula is C24H24N2O2S. The smallest absolute Gasteiger partial charge is 0.265 e. The van der Waals surface area contributed by atoms with Crippen LogP contribution < -0.4 is 4.31 Å². The van der Waals surface area contributed by atoms with Crippen LogP contribution in [0.2, 0.25) is 0 Å². The molecular weight excluding hydrogens is 380 g/mol. The van der Waals surface area contributed by atoms with Gasteiger partial charge in [-0.3, -0.25) is 9.21 Å². The van der Waals surface area contributed by atoms with E-state index in [1.807, 2.05) is 36.4 Å². The van der Waals surface area contributed by atoms with Crippen molar-refractivity contribution < 1.29 is 8.42 Å². The number of hydrogen-bond donors (Lipinski definition) is 0. The van der Waals surface area contributed by atoms with Crippen molar-refractivity contribution in [2.24, 2.45) is 0 Å². The summed E-state index contributed by atoms with van der Waals surface area (Å²) in [5.74, 6) is 0. The van der Waals surface area contributed by atoms with Crippen LogP contribution in [-0.4, -0.2) is 39.5 Å². The molecule has 0 amide bonds. The molecule has 29 heavy (non-hydrogen) atoms. The highest BCUT2D eigenvalue weighted by Crippen LogP contribution is 2.41. The van der Waals surface area contributed by atoms with Gasteiger partial charge < -0.3 is 0 Å². The summed E-state index contributed by atoms with van der Waals surface area (Å²) < 4.78 is 27.7. The molecule has 0 atom stereocenters. The van der Waals surface area contributed by atoms with Gasteiger partial charge in [0.05, 0.1) is 10.6 Å². The van der Waals surface area contributed by atoms with Crippen LogP contribution in [0.3, 0.4) is 0 Å². The maximum absolute atomic E-state index is 13.0. The maximum Gasteiger partial charge on any atom is 0.265 e. The van der Waals surface area contributed by atoms with E-state index in [0.29, 0.717) is 11.4 Å². The number of hydrogen-bond acceptors (Lipinski definition) is 3. The van der Waals surface area contributed by atoms with E-state index in [0.717, 1.165) is 48.9 Å². The molecule has 0 N–H and O–H groups in total. The Morgan fingerprint density at radius 3 is 2.41 bits per heavy atom. The van der Waals surface area contributed by atoms with Crippen LogP contribution in [0.5, 0.6) is 0 Å². The zero-order valence-corrected chi connectivity index (χ0v) is 17.1. The minimum absolute atomic E-state index is 0.444. The Balaban J connectivity index is 1.25. The first kappa shape index (κ1) is 18.4. The van der Waals surface area contributed by atoms with Crippen LogP contribution in [0.1, 0.15) is 18.4 Å². The zero-order chi connectivity index (χ0) is 19.8. The van der Waals surface area contributed by atoms with Crippen molar-refractivity contribution in [3.05, 3.63) is 78.4 Å². The average Bonchev–Trinajstić information content (AvgIpc) is 2.98. The van der Waals surface area contributed by atoms with E-state index in [-0.39, 0.29) is 0 Å². The minimum Gasteiger partial charge on any atom is -0.299 e. The fourth-order valence-corrected chi connectivity index (χ4v) is 6.21. The number of benzene rings is 3. The van der Waals surface area contributed by atoms with Gasteiger partial charge in [0.15, 0.2) is 0 Å². The molecule has 0 bridgehead atoms. The summed E-state index contributed by atoms with van der Waals surface area (Å²) >= 11 is 0. The van der Waals surface area contributed by atoms with Crippen molar-refractivity contribution >= 4 is 32.1 Å². The summed E-state index contributed by atoms with van der Waals surface area (Å²) in [6, 6.07) is 21.9. The molecule has 3 aromatic rings. The van der Waals surface area contributed by atoms with Gasteiger partial charge in [-0.15, -0.1) is 0 Å². The van der Waals surface area contributed by atoms with Gasteiger partial charge in [0.25, 0.3) is 10.0 Å². The van der Waals surface area contributed by atoms with Crippen LogP contribution in [0.25, 0.3) is 16.3 Å². The number of sulfonamides is 1. The summed E-state index contributed by atoms with van der Waals surface area (Å²) in [4.78, 5) is 2.85. The van der Waals surface area contributed by atoms with Gasteiger partial charge in [0.2, 0.25) is 0 Å². The van der Waals surface area contributed by atoms with Crippen molar-refractivity contribution in [2.75, 3.05) is 30.5 Å². The highest BCUT2D eigenvalue weighted by Gasteiger charge is 2.35. The van der Waals surface area contributed by atoms with Gasteiger partial charge in [-0.05, 0) is 41.5 Å². The monoisotopic (exact) mass is 404 g/mol. The summed E-state index contributed by atoms with van der Waals surface area (Å²) in [5, 5.41) is 1.85. The highest BCUT2D eigenvalue weighted by molar-refractivity contribution is 7.93. The first-order valence-corrected chi connectivity index (χ1v) is 11.6. The fraction of sp³-hybridized carbons (Fsp3) is 0.250. The Labute approximate surface area is 172 Å². The lowest BCUT2D eigenvalue weighted by molar-refractivity contribution is 0.300. The molecule has 0 fully saturated rings. The average molecular weight is 405 g/mol. The predicted molar refractivity (Wildman–Crippen MR) is 119 cm³/mol. The second kappa shape index (κ2) is 7.32. The lowest BCUT2D eigenvalue weighted by Crippen LogP contribution is -2.34. The minimum atomic E-state index is -3.44. The zero-order valence-electron chi connectivity index (χ0n) is 16.3. The van der Waals surface area contributed by atoms with Crippen LogP contribution in [0.15, 0.2) is 77.7 Å². The molecule has 4 nitrogen and oxygen atoms in total. The number of anilines is 1. The Bertz CT molecular complexity index is 1180. The van der Waals surface area contributed by atoms with E-state index in [4.69, 9.17) is 0 Å². The van der Waals surface area contributed by atoms with E-state index >= 15 is 0 Å². The highest BCUT2D eigenvalue weighted by atomic mass is 32.2. The molecule has 2 aliphatic heterocycles. The Hall–Kier alpha value is -2.63. The topological polar surface area (TPSA) is 40.6 Å². The Kier molecular flexibility index (Phi) is 4.64. The predicted octanol–water partition coefficient (Wildman–Crippen LogP) is 4.53. The molecule has 0 unspecified atom stereocenters. The summed E-state index contributed by atoms with van der Waals surface area (Å²) in [6.45, 7) is 3.36. The second-order valence-electron chi connectivity index (χ2n) is 7.71. The lowest BCUT2D eigenvalue weighted by atomic mass is 9.99. The van der Waals surface area contributed by atoms with Gasteiger partial charge in [0, 0.05) is 31.6 Å². The summed E-state index contributed by atoms with van der Waals surface area (Å²) in [7, 11) is -3.44. The standard InChI is InChI=1S/C24H24N2O2S/c27-29(28)23-12-5-10-21-9-4-11-22(24(21)23)26(29)16-6-15-25-17-13-20(14-18-25)19-7-2-1-3-8-19/h1-5,7-13H,6,14-18H2. The molecule has 5 heteroatoms. The summed E-state index contributed by atoms with van der Waals surface area (Å²) in [5.41, 5.74) is 3.54. The Morgan fingerprint density at radius 2 is 1.66 bits per heavy atom. The SMILES string of the molecule is O=S1(=O)c2cccc3cccc(c23)N1CCCN1CC=C(c2ccccc2)CC1. The molecule has 0 radical (unpaired) electrons. The third kappa shape index (κ3) is 3.24. The molecule has 0 saturated heterocycles. The third-order valence-corrected chi connectivity index (χ3v) is 7.81. The first-order valence-electron chi connectivity index (χ1n) is 10.2. The van der Waals surface area contributed by atoms with Crippen molar-refractivity contribution in [2.45, 2.75) is 17.7 Å². The van der Waals surface area contributed by atoms with E-state index in [1.165, 1.54) is 11.1 Å². The van der Waals surface area contributed by atoms with Crippen molar-refractivity contribution in [3.63, 3.8) is 0 Å². The quantitative estimate of drug-likeness (QED) is 0.627. The van der Waals surface area contributed by atoms with Crippen LogP contribution in [-0.2, 0) is 10.0 Å².